The molecule has 228 valence electrons. The molecule has 43 heavy (non-hydrogen) atoms. The Morgan fingerprint density at radius 3 is 2.56 bits per heavy atom. The Morgan fingerprint density at radius 1 is 1.09 bits per heavy atom. The average Bonchev–Trinajstić information content (AvgIpc) is 3.31. The fourth-order valence-corrected chi connectivity index (χ4v) is 7.04. The van der Waals surface area contributed by atoms with Gasteiger partial charge in [-0.15, -0.1) is 0 Å². The summed E-state index contributed by atoms with van der Waals surface area (Å²) in [6, 6.07) is 21.7. The van der Waals surface area contributed by atoms with Crippen LogP contribution in [0.25, 0.3) is 22.0 Å². The third-order valence-corrected chi connectivity index (χ3v) is 10.2. The highest BCUT2D eigenvalue weighted by Crippen LogP contribution is 2.38. The summed E-state index contributed by atoms with van der Waals surface area (Å²) in [7, 11) is 1.06. The van der Waals surface area contributed by atoms with Gasteiger partial charge >= 0.3 is 0 Å². The Kier molecular flexibility index (Phi) is 8.94. The summed E-state index contributed by atoms with van der Waals surface area (Å²) >= 11 is 0. The van der Waals surface area contributed by atoms with Crippen LogP contribution in [0.5, 0.6) is 5.75 Å². The molecule has 0 fully saturated rings. The second kappa shape index (κ2) is 12.5. The number of aliphatic hydroxyl groups is 1. The lowest BCUT2D eigenvalue weighted by atomic mass is 9.96. The van der Waals surface area contributed by atoms with E-state index >= 15 is 0 Å². The van der Waals surface area contributed by atoms with E-state index in [1.54, 1.807) is 17.0 Å². The number of para-hydroxylation sites is 1. The van der Waals surface area contributed by atoms with Crippen LogP contribution >= 0.6 is 0 Å². The maximum Gasteiger partial charge on any atom is 0.271 e. The molecule has 2 heterocycles. The molecule has 1 aliphatic heterocycles. The molecule has 5 rings (SSSR count). The Labute approximate surface area is 253 Å². The van der Waals surface area contributed by atoms with Gasteiger partial charge in [0.2, 0.25) is 10.0 Å². The number of ether oxygens (including phenoxy) is 2. The predicted molar refractivity (Wildman–Crippen MR) is 166 cm³/mol. The van der Waals surface area contributed by atoms with Crippen molar-refractivity contribution in [3.05, 3.63) is 84.1 Å². The van der Waals surface area contributed by atoms with Gasteiger partial charge in [0, 0.05) is 55.6 Å². The van der Waals surface area contributed by atoms with Gasteiger partial charge in [-0.3, -0.25) is 4.79 Å². The van der Waals surface area contributed by atoms with Crippen LogP contribution in [0.2, 0.25) is 0 Å². The summed E-state index contributed by atoms with van der Waals surface area (Å²) in [4.78, 5) is 16.3. The SMILES string of the molecule is COc1cccc(S(=O)(=O)N(C)C[C@H]2OCc3ccccc3-c3c(n(C)c4ccccc34)C(=O)N([C@H](C)CO)C[C@H]2C)c1. The van der Waals surface area contributed by atoms with Gasteiger partial charge in [-0.25, -0.2) is 8.42 Å². The maximum absolute atomic E-state index is 14.5. The zero-order valence-electron chi connectivity index (χ0n) is 25.2. The van der Waals surface area contributed by atoms with E-state index in [9.17, 15) is 18.3 Å². The molecule has 10 heteroatoms. The first kappa shape index (κ1) is 30.7. The number of carbonyl (C=O) groups excluding carboxylic acids is 1. The highest BCUT2D eigenvalue weighted by molar-refractivity contribution is 7.89. The van der Waals surface area contributed by atoms with Gasteiger partial charge in [0.05, 0.1) is 37.4 Å². The minimum absolute atomic E-state index is 0.0638. The van der Waals surface area contributed by atoms with E-state index in [0.29, 0.717) is 11.4 Å². The van der Waals surface area contributed by atoms with Crippen LogP contribution in [-0.2, 0) is 28.4 Å². The number of amides is 1. The van der Waals surface area contributed by atoms with Crippen molar-refractivity contribution < 1.29 is 27.8 Å². The number of nitrogens with zero attached hydrogens (tertiary/aromatic N) is 3. The molecule has 4 aromatic rings. The van der Waals surface area contributed by atoms with E-state index in [1.807, 2.05) is 74.0 Å². The lowest BCUT2D eigenvalue weighted by molar-refractivity contribution is -0.0147. The number of likely N-dealkylation sites (N-methyl/N-ethyl adjacent to an activating group) is 1. The van der Waals surface area contributed by atoms with Gasteiger partial charge in [0.25, 0.3) is 5.91 Å². The van der Waals surface area contributed by atoms with E-state index in [0.717, 1.165) is 27.6 Å². The fraction of sp³-hybridized carbons (Fsp3) is 0.364. The molecule has 1 aliphatic rings. The zero-order chi connectivity index (χ0) is 30.9. The van der Waals surface area contributed by atoms with Gasteiger partial charge < -0.3 is 24.0 Å². The van der Waals surface area contributed by atoms with E-state index < -0.39 is 22.2 Å². The minimum Gasteiger partial charge on any atom is -0.497 e. The predicted octanol–water partition coefficient (Wildman–Crippen LogP) is 4.53. The van der Waals surface area contributed by atoms with Crippen molar-refractivity contribution in [1.82, 2.24) is 13.8 Å². The molecule has 9 nitrogen and oxygen atoms in total. The van der Waals surface area contributed by atoms with Crippen molar-refractivity contribution in [2.24, 2.45) is 13.0 Å². The Balaban J connectivity index is 1.59. The van der Waals surface area contributed by atoms with Crippen LogP contribution in [0.3, 0.4) is 0 Å². The molecule has 0 unspecified atom stereocenters. The Morgan fingerprint density at radius 2 is 1.81 bits per heavy atom. The van der Waals surface area contributed by atoms with Crippen molar-refractivity contribution >= 4 is 26.8 Å². The van der Waals surface area contributed by atoms with Crippen LogP contribution in [0, 0.1) is 5.92 Å². The molecule has 3 aromatic carbocycles. The minimum atomic E-state index is -3.86. The van der Waals surface area contributed by atoms with Gasteiger partial charge in [0.1, 0.15) is 11.4 Å². The molecule has 1 N–H and O–H groups in total. The number of aromatic nitrogens is 1. The van der Waals surface area contributed by atoms with Gasteiger partial charge in [-0.05, 0) is 36.2 Å². The first-order chi connectivity index (χ1) is 20.6. The Bertz CT molecular complexity index is 1730. The summed E-state index contributed by atoms with van der Waals surface area (Å²) in [5, 5.41) is 11.2. The van der Waals surface area contributed by atoms with Crippen molar-refractivity contribution in [3.63, 3.8) is 0 Å². The molecule has 0 saturated heterocycles. The number of carbonyl (C=O) groups is 1. The number of hydrogen-bond acceptors (Lipinski definition) is 6. The number of aryl methyl sites for hydroxylation is 1. The third-order valence-electron chi connectivity index (χ3n) is 8.41. The monoisotopic (exact) mass is 605 g/mol. The molecular formula is C33H39N3O6S. The number of hydrogen-bond donors (Lipinski definition) is 1. The highest BCUT2D eigenvalue weighted by atomic mass is 32.2. The summed E-state index contributed by atoms with van der Waals surface area (Å²) in [6.45, 7) is 4.10. The lowest BCUT2D eigenvalue weighted by Crippen LogP contribution is -2.48. The first-order valence-electron chi connectivity index (χ1n) is 14.4. The molecule has 1 amide bonds. The maximum atomic E-state index is 14.5. The summed E-state index contributed by atoms with van der Waals surface area (Å²) in [6.07, 6.45) is -0.558. The number of sulfonamides is 1. The second-order valence-corrected chi connectivity index (χ2v) is 13.3. The largest absolute Gasteiger partial charge is 0.497 e. The van der Waals surface area contributed by atoms with Crippen molar-refractivity contribution in [2.45, 2.75) is 37.5 Å². The molecule has 0 bridgehead atoms. The fourth-order valence-electron chi connectivity index (χ4n) is 5.82. The lowest BCUT2D eigenvalue weighted by Gasteiger charge is -2.35. The molecule has 1 aromatic heterocycles. The van der Waals surface area contributed by atoms with E-state index in [1.165, 1.54) is 30.6 Å². The molecular weight excluding hydrogens is 566 g/mol. The normalized spacial score (nSPS) is 18.7. The van der Waals surface area contributed by atoms with Crippen molar-refractivity contribution in [1.29, 1.82) is 0 Å². The van der Waals surface area contributed by atoms with E-state index in [-0.39, 0.29) is 43.0 Å². The molecule has 0 spiro atoms. The number of methoxy groups -OCH3 is 1. The van der Waals surface area contributed by atoms with Crippen molar-refractivity contribution in [2.75, 3.05) is 33.9 Å². The standard InChI is InChI=1S/C33H39N3O6S/c1-22-18-36(23(2)20-37)33(38)32-31(28-15-8-9-16-29(28)35(32)4)27-14-7-6-11-24(27)21-42-30(22)19-34(3)43(39,40)26-13-10-12-25(17-26)41-5/h6-17,22-23,30,37H,18-21H2,1-5H3/t22-,23-,30-/m1/s1. The number of fused-ring (bicyclic) bond motifs is 5. The highest BCUT2D eigenvalue weighted by Gasteiger charge is 2.35. The second-order valence-electron chi connectivity index (χ2n) is 11.2. The van der Waals surface area contributed by atoms with E-state index in [2.05, 4.69) is 0 Å². The average molecular weight is 606 g/mol. The van der Waals surface area contributed by atoms with E-state index in [4.69, 9.17) is 9.47 Å². The molecule has 0 radical (unpaired) electrons. The topological polar surface area (TPSA) is 101 Å². The van der Waals surface area contributed by atoms with Crippen LogP contribution in [-0.4, -0.2) is 79.2 Å². The zero-order valence-corrected chi connectivity index (χ0v) is 26.0. The molecule has 0 aliphatic carbocycles. The number of rotatable bonds is 7. The van der Waals surface area contributed by atoms with Gasteiger partial charge in [-0.1, -0.05) is 55.5 Å². The van der Waals surface area contributed by atoms with Crippen LogP contribution in [0.1, 0.15) is 29.9 Å². The Hall–Kier alpha value is -3.70. The third kappa shape index (κ3) is 5.80. The number of benzene rings is 3. The quantitative estimate of drug-likeness (QED) is 0.332. The molecule has 0 saturated carbocycles. The van der Waals surface area contributed by atoms with Crippen molar-refractivity contribution in [3.8, 4) is 16.9 Å². The summed E-state index contributed by atoms with van der Waals surface area (Å²) in [5.41, 5.74) is 4.07. The number of aliphatic hydroxyl groups excluding tert-OH is 1. The first-order valence-corrected chi connectivity index (χ1v) is 15.8. The van der Waals surface area contributed by atoms with Gasteiger partial charge in [0.15, 0.2) is 0 Å². The smallest absolute Gasteiger partial charge is 0.271 e. The summed E-state index contributed by atoms with van der Waals surface area (Å²) in [5.74, 6) is -0.0240. The van der Waals surface area contributed by atoms with Crippen LogP contribution < -0.4 is 4.74 Å². The van der Waals surface area contributed by atoms with Crippen LogP contribution in [0.15, 0.2) is 77.7 Å². The van der Waals surface area contributed by atoms with Crippen LogP contribution in [0.4, 0.5) is 0 Å². The molecule has 3 atom stereocenters. The van der Waals surface area contributed by atoms with Gasteiger partial charge in [-0.2, -0.15) is 4.31 Å². The summed E-state index contributed by atoms with van der Waals surface area (Å²) < 4.78 is 42.2.